The quantitative estimate of drug-likeness (QED) is 0.417. The standard InChI is InChI=1S/C13H21N3O3/c1-9-11(6-12(19-9)13(18)15-14)7-16-4-2-10(8-17)3-5-16/h6,10,17H,2-5,7-8,14H2,1H3,(H,15,18). The molecule has 1 amide bonds. The molecule has 19 heavy (non-hydrogen) atoms. The summed E-state index contributed by atoms with van der Waals surface area (Å²) in [5, 5.41) is 9.11. The molecule has 6 nitrogen and oxygen atoms in total. The fourth-order valence-electron chi connectivity index (χ4n) is 2.43. The van der Waals surface area contributed by atoms with Gasteiger partial charge in [0.05, 0.1) is 0 Å². The molecule has 0 aliphatic carbocycles. The number of piperidine rings is 1. The monoisotopic (exact) mass is 267 g/mol. The number of amides is 1. The van der Waals surface area contributed by atoms with E-state index >= 15 is 0 Å². The van der Waals surface area contributed by atoms with E-state index in [1.165, 1.54) is 0 Å². The average Bonchev–Trinajstić information content (AvgIpc) is 2.80. The van der Waals surface area contributed by atoms with Crippen LogP contribution in [0.25, 0.3) is 0 Å². The number of carbonyl (C=O) groups excluding carboxylic acids is 1. The van der Waals surface area contributed by atoms with Crippen molar-refractivity contribution in [2.75, 3.05) is 19.7 Å². The minimum atomic E-state index is -0.409. The number of aryl methyl sites for hydroxylation is 1. The van der Waals surface area contributed by atoms with Crippen LogP contribution >= 0.6 is 0 Å². The molecule has 1 saturated heterocycles. The predicted octanol–water partition coefficient (Wildman–Crippen LogP) is 0.396. The van der Waals surface area contributed by atoms with Crippen LogP contribution in [0, 0.1) is 12.8 Å². The number of aliphatic hydroxyl groups is 1. The van der Waals surface area contributed by atoms with Crippen molar-refractivity contribution in [2.24, 2.45) is 11.8 Å². The van der Waals surface area contributed by atoms with E-state index in [1.54, 1.807) is 6.07 Å². The zero-order valence-corrected chi connectivity index (χ0v) is 11.2. The van der Waals surface area contributed by atoms with Gasteiger partial charge in [-0.15, -0.1) is 0 Å². The molecule has 0 spiro atoms. The van der Waals surface area contributed by atoms with E-state index < -0.39 is 5.91 Å². The molecule has 1 aliphatic heterocycles. The van der Waals surface area contributed by atoms with Crippen LogP contribution in [-0.4, -0.2) is 35.6 Å². The first-order chi connectivity index (χ1) is 9.13. The van der Waals surface area contributed by atoms with Gasteiger partial charge in [0.15, 0.2) is 5.76 Å². The molecule has 1 fully saturated rings. The summed E-state index contributed by atoms with van der Waals surface area (Å²) in [5.74, 6) is 6.11. The molecule has 106 valence electrons. The van der Waals surface area contributed by atoms with E-state index in [-0.39, 0.29) is 12.4 Å². The van der Waals surface area contributed by atoms with Gasteiger partial charge in [-0.1, -0.05) is 0 Å². The summed E-state index contributed by atoms with van der Waals surface area (Å²) in [6.45, 7) is 4.83. The molecular weight excluding hydrogens is 246 g/mol. The van der Waals surface area contributed by atoms with E-state index in [2.05, 4.69) is 10.3 Å². The molecule has 4 N–H and O–H groups in total. The fraction of sp³-hybridized carbons (Fsp3) is 0.615. The molecule has 0 radical (unpaired) electrons. The van der Waals surface area contributed by atoms with Crippen molar-refractivity contribution < 1.29 is 14.3 Å². The number of furan rings is 1. The van der Waals surface area contributed by atoms with Crippen LogP contribution in [-0.2, 0) is 6.54 Å². The van der Waals surface area contributed by atoms with E-state index in [0.717, 1.165) is 43.8 Å². The fourth-order valence-corrected chi connectivity index (χ4v) is 2.43. The number of nitrogens with zero attached hydrogens (tertiary/aromatic N) is 1. The molecule has 0 saturated carbocycles. The number of aliphatic hydroxyl groups excluding tert-OH is 1. The zero-order valence-electron chi connectivity index (χ0n) is 11.2. The number of hydrogen-bond donors (Lipinski definition) is 3. The van der Waals surface area contributed by atoms with Crippen molar-refractivity contribution in [3.8, 4) is 0 Å². The Bertz CT molecular complexity index is 436. The summed E-state index contributed by atoms with van der Waals surface area (Å²) in [6.07, 6.45) is 2.03. The number of hydrogen-bond acceptors (Lipinski definition) is 5. The second kappa shape index (κ2) is 6.18. The van der Waals surface area contributed by atoms with Gasteiger partial charge in [0, 0.05) is 18.7 Å². The highest BCUT2D eigenvalue weighted by atomic mass is 16.4. The Hall–Kier alpha value is -1.37. The number of rotatable bonds is 4. The first-order valence-electron chi connectivity index (χ1n) is 6.57. The van der Waals surface area contributed by atoms with Crippen LogP contribution in [0.5, 0.6) is 0 Å². The van der Waals surface area contributed by atoms with Crippen LogP contribution in [0.3, 0.4) is 0 Å². The molecule has 1 aliphatic rings. The first kappa shape index (κ1) is 14.0. The number of carbonyl (C=O) groups is 1. The molecule has 0 bridgehead atoms. The highest BCUT2D eigenvalue weighted by Crippen LogP contribution is 2.21. The SMILES string of the molecule is Cc1oc(C(=O)NN)cc1CN1CCC(CO)CC1. The molecule has 0 unspecified atom stereocenters. The lowest BCUT2D eigenvalue weighted by atomic mass is 9.97. The Morgan fingerprint density at radius 1 is 1.58 bits per heavy atom. The summed E-state index contributed by atoms with van der Waals surface area (Å²) >= 11 is 0. The number of nitrogen functional groups attached to an aromatic ring is 1. The minimum absolute atomic E-state index is 0.250. The lowest BCUT2D eigenvalue weighted by Crippen LogP contribution is -2.34. The number of nitrogens with one attached hydrogen (secondary N) is 1. The summed E-state index contributed by atoms with van der Waals surface area (Å²) in [4.78, 5) is 13.7. The number of likely N-dealkylation sites (tertiary alicyclic amines) is 1. The third kappa shape index (κ3) is 3.34. The lowest BCUT2D eigenvalue weighted by molar-refractivity contribution is 0.0924. The van der Waals surface area contributed by atoms with Crippen molar-refractivity contribution in [3.63, 3.8) is 0 Å². The van der Waals surface area contributed by atoms with Gasteiger partial charge in [-0.3, -0.25) is 15.1 Å². The minimum Gasteiger partial charge on any atom is -0.456 e. The maximum Gasteiger partial charge on any atom is 0.300 e. The summed E-state index contributed by atoms with van der Waals surface area (Å²) in [5.41, 5.74) is 3.08. The van der Waals surface area contributed by atoms with Gasteiger partial charge in [-0.05, 0) is 44.8 Å². The molecule has 0 atom stereocenters. The summed E-state index contributed by atoms with van der Waals surface area (Å²) < 4.78 is 5.39. The smallest absolute Gasteiger partial charge is 0.300 e. The Kier molecular flexibility index (Phi) is 4.57. The second-order valence-electron chi connectivity index (χ2n) is 5.07. The third-order valence-electron chi connectivity index (χ3n) is 3.73. The molecule has 0 aromatic carbocycles. The largest absolute Gasteiger partial charge is 0.456 e. The number of hydrazine groups is 1. The average molecular weight is 267 g/mol. The number of nitrogens with two attached hydrogens (primary N) is 1. The van der Waals surface area contributed by atoms with Gasteiger partial charge in [0.25, 0.3) is 0 Å². The Morgan fingerprint density at radius 3 is 2.84 bits per heavy atom. The van der Waals surface area contributed by atoms with Gasteiger partial charge in [-0.25, -0.2) is 5.84 Å². The van der Waals surface area contributed by atoms with Crippen LogP contribution < -0.4 is 11.3 Å². The Morgan fingerprint density at radius 2 is 2.26 bits per heavy atom. The van der Waals surface area contributed by atoms with Gasteiger partial charge in [0.1, 0.15) is 5.76 Å². The van der Waals surface area contributed by atoms with E-state index in [4.69, 9.17) is 15.4 Å². The third-order valence-corrected chi connectivity index (χ3v) is 3.73. The van der Waals surface area contributed by atoms with Crippen LogP contribution in [0.4, 0.5) is 0 Å². The van der Waals surface area contributed by atoms with E-state index in [0.29, 0.717) is 5.92 Å². The lowest BCUT2D eigenvalue weighted by Gasteiger charge is -2.30. The van der Waals surface area contributed by atoms with Crippen LogP contribution in [0.15, 0.2) is 10.5 Å². The van der Waals surface area contributed by atoms with Crippen molar-refractivity contribution >= 4 is 5.91 Å². The highest BCUT2D eigenvalue weighted by Gasteiger charge is 2.21. The maximum atomic E-state index is 11.4. The van der Waals surface area contributed by atoms with Crippen molar-refractivity contribution in [1.82, 2.24) is 10.3 Å². The molecule has 1 aromatic heterocycles. The maximum absolute atomic E-state index is 11.4. The molecular formula is C13H21N3O3. The highest BCUT2D eigenvalue weighted by molar-refractivity contribution is 5.91. The Balaban J connectivity index is 1.96. The van der Waals surface area contributed by atoms with E-state index in [9.17, 15) is 4.79 Å². The van der Waals surface area contributed by atoms with Gasteiger partial charge < -0.3 is 9.52 Å². The van der Waals surface area contributed by atoms with Gasteiger partial charge in [0.2, 0.25) is 0 Å². The molecule has 2 rings (SSSR count). The van der Waals surface area contributed by atoms with Crippen molar-refractivity contribution in [3.05, 3.63) is 23.2 Å². The van der Waals surface area contributed by atoms with Crippen molar-refractivity contribution in [1.29, 1.82) is 0 Å². The Labute approximate surface area is 112 Å². The van der Waals surface area contributed by atoms with Crippen LogP contribution in [0.2, 0.25) is 0 Å². The topological polar surface area (TPSA) is 91.7 Å². The molecule has 1 aromatic rings. The van der Waals surface area contributed by atoms with Gasteiger partial charge in [-0.2, -0.15) is 0 Å². The summed E-state index contributed by atoms with van der Waals surface area (Å²) in [6, 6.07) is 1.75. The van der Waals surface area contributed by atoms with Crippen LogP contribution in [0.1, 0.15) is 34.7 Å². The summed E-state index contributed by atoms with van der Waals surface area (Å²) in [7, 11) is 0. The molecule has 2 heterocycles. The predicted molar refractivity (Wildman–Crippen MR) is 70.2 cm³/mol. The van der Waals surface area contributed by atoms with Crippen molar-refractivity contribution in [2.45, 2.75) is 26.3 Å². The van der Waals surface area contributed by atoms with Gasteiger partial charge >= 0.3 is 5.91 Å². The zero-order chi connectivity index (χ0) is 13.8. The normalized spacial score (nSPS) is 17.6. The first-order valence-corrected chi connectivity index (χ1v) is 6.57. The molecule has 6 heteroatoms. The second-order valence-corrected chi connectivity index (χ2v) is 5.07. The van der Waals surface area contributed by atoms with E-state index in [1.807, 2.05) is 6.92 Å².